The Morgan fingerprint density at radius 2 is 1.86 bits per heavy atom. The molecule has 1 heterocycles. The van der Waals surface area contributed by atoms with Crippen LogP contribution in [0.2, 0.25) is 0 Å². The van der Waals surface area contributed by atoms with Crippen molar-refractivity contribution < 1.29 is 19.0 Å². The van der Waals surface area contributed by atoms with Crippen molar-refractivity contribution in [2.45, 2.75) is 50.9 Å². The quantitative estimate of drug-likeness (QED) is 0.445. The SMILES string of the molecule is O=C(OC1CCCCO1)OC1CC2CC1C1C3C=CC(C3)C21. The van der Waals surface area contributed by atoms with E-state index >= 15 is 0 Å². The molecule has 5 rings (SSSR count). The topological polar surface area (TPSA) is 44.8 Å². The summed E-state index contributed by atoms with van der Waals surface area (Å²) in [5.74, 6) is 4.52. The fourth-order valence-electron chi connectivity index (χ4n) is 6.15. The molecule has 0 spiro atoms. The molecule has 0 aromatic rings. The smallest absolute Gasteiger partial charge is 0.431 e. The first-order valence-corrected chi connectivity index (χ1v) is 8.97. The van der Waals surface area contributed by atoms with Crippen molar-refractivity contribution in [3.05, 3.63) is 12.2 Å². The first-order chi connectivity index (χ1) is 10.8. The van der Waals surface area contributed by atoms with E-state index in [9.17, 15) is 4.79 Å². The average Bonchev–Trinajstić information content (AvgIpc) is 3.27. The van der Waals surface area contributed by atoms with Gasteiger partial charge in [0.25, 0.3) is 0 Å². The van der Waals surface area contributed by atoms with E-state index in [-0.39, 0.29) is 6.10 Å². The maximum absolute atomic E-state index is 12.1. The second kappa shape index (κ2) is 4.98. The summed E-state index contributed by atoms with van der Waals surface area (Å²) in [5.41, 5.74) is 0. The standard InChI is InChI=1S/C18H24O4/c19-18(22-15-3-1-2-6-20-15)21-14-9-12-8-13(14)17-11-5-4-10(7-11)16(12)17/h4-5,10-17H,1-3,6-9H2. The summed E-state index contributed by atoms with van der Waals surface area (Å²) in [6.45, 7) is 0.686. The molecule has 120 valence electrons. The third-order valence-corrected chi connectivity index (χ3v) is 6.82. The minimum atomic E-state index is -0.514. The van der Waals surface area contributed by atoms with Gasteiger partial charge in [-0.1, -0.05) is 12.2 Å². The lowest BCUT2D eigenvalue weighted by Gasteiger charge is -2.36. The molecule has 22 heavy (non-hydrogen) atoms. The Kier molecular flexibility index (Phi) is 3.04. The first kappa shape index (κ1) is 13.4. The van der Waals surface area contributed by atoms with Gasteiger partial charge in [0.15, 0.2) is 0 Å². The largest absolute Gasteiger partial charge is 0.510 e. The van der Waals surface area contributed by atoms with E-state index in [0.717, 1.165) is 55.3 Å². The molecule has 8 atom stereocenters. The fourth-order valence-corrected chi connectivity index (χ4v) is 6.15. The Morgan fingerprint density at radius 1 is 1.00 bits per heavy atom. The Balaban J connectivity index is 1.21. The van der Waals surface area contributed by atoms with Gasteiger partial charge in [-0.2, -0.15) is 0 Å². The van der Waals surface area contributed by atoms with E-state index < -0.39 is 12.4 Å². The van der Waals surface area contributed by atoms with Crippen molar-refractivity contribution in [1.29, 1.82) is 0 Å². The molecule has 1 saturated heterocycles. The number of allylic oxidation sites excluding steroid dienone is 2. The van der Waals surface area contributed by atoms with Gasteiger partial charge in [-0.05, 0) is 61.7 Å². The van der Waals surface area contributed by atoms with Gasteiger partial charge in [-0.25, -0.2) is 4.79 Å². The van der Waals surface area contributed by atoms with Gasteiger partial charge in [0.1, 0.15) is 6.10 Å². The molecule has 5 aliphatic rings. The molecule has 4 nitrogen and oxygen atoms in total. The van der Waals surface area contributed by atoms with Crippen LogP contribution in [-0.2, 0) is 14.2 Å². The predicted molar refractivity (Wildman–Crippen MR) is 78.9 cm³/mol. The number of fused-ring (bicyclic) bond motifs is 9. The summed E-state index contributed by atoms with van der Waals surface area (Å²) in [5, 5.41) is 0. The van der Waals surface area contributed by atoms with Gasteiger partial charge in [0.2, 0.25) is 6.29 Å². The minimum Gasteiger partial charge on any atom is -0.431 e. The lowest BCUT2D eigenvalue weighted by Crippen LogP contribution is -2.37. The van der Waals surface area contributed by atoms with E-state index in [1.807, 2.05) is 0 Å². The lowest BCUT2D eigenvalue weighted by molar-refractivity contribution is -0.149. The summed E-state index contributed by atoms with van der Waals surface area (Å²) in [6.07, 6.45) is 10.6. The molecule has 0 N–H and O–H groups in total. The van der Waals surface area contributed by atoms with Crippen LogP contribution in [-0.4, -0.2) is 25.2 Å². The Morgan fingerprint density at radius 3 is 2.68 bits per heavy atom. The molecule has 0 amide bonds. The Labute approximate surface area is 131 Å². The summed E-state index contributed by atoms with van der Waals surface area (Å²) in [6, 6.07) is 0. The number of ether oxygens (including phenoxy) is 3. The third kappa shape index (κ3) is 1.96. The van der Waals surface area contributed by atoms with Gasteiger partial charge in [-0.15, -0.1) is 0 Å². The minimum absolute atomic E-state index is 0.0788. The van der Waals surface area contributed by atoms with E-state index in [4.69, 9.17) is 14.2 Å². The molecule has 0 aromatic carbocycles. The number of carbonyl (C=O) groups is 1. The van der Waals surface area contributed by atoms with Gasteiger partial charge < -0.3 is 14.2 Å². The molecular weight excluding hydrogens is 280 g/mol. The van der Waals surface area contributed by atoms with Crippen LogP contribution >= 0.6 is 0 Å². The van der Waals surface area contributed by atoms with Crippen molar-refractivity contribution in [1.82, 2.24) is 0 Å². The molecule has 4 fully saturated rings. The Hall–Kier alpha value is -1.03. The van der Waals surface area contributed by atoms with Crippen LogP contribution in [0.5, 0.6) is 0 Å². The van der Waals surface area contributed by atoms with Crippen molar-refractivity contribution in [3.8, 4) is 0 Å². The van der Waals surface area contributed by atoms with Crippen LogP contribution in [0.4, 0.5) is 4.79 Å². The zero-order chi connectivity index (χ0) is 14.7. The maximum Gasteiger partial charge on any atom is 0.510 e. The van der Waals surface area contributed by atoms with E-state index in [1.54, 1.807) is 0 Å². The van der Waals surface area contributed by atoms with E-state index in [0.29, 0.717) is 12.5 Å². The molecule has 1 aliphatic heterocycles. The van der Waals surface area contributed by atoms with Gasteiger partial charge in [0.05, 0.1) is 6.61 Å². The number of carbonyl (C=O) groups excluding carboxylic acids is 1. The molecule has 8 unspecified atom stereocenters. The number of rotatable bonds is 2. The van der Waals surface area contributed by atoms with Crippen LogP contribution < -0.4 is 0 Å². The van der Waals surface area contributed by atoms with Crippen LogP contribution in [0, 0.1) is 35.5 Å². The lowest BCUT2D eigenvalue weighted by atomic mass is 9.72. The van der Waals surface area contributed by atoms with Crippen molar-refractivity contribution in [2.24, 2.45) is 35.5 Å². The van der Waals surface area contributed by atoms with Crippen LogP contribution in [0.15, 0.2) is 12.2 Å². The Bertz CT molecular complexity index is 495. The average molecular weight is 304 g/mol. The maximum atomic E-state index is 12.1. The molecule has 0 radical (unpaired) electrons. The highest BCUT2D eigenvalue weighted by atomic mass is 16.8. The highest BCUT2D eigenvalue weighted by Crippen LogP contribution is 2.65. The second-order valence-corrected chi connectivity index (χ2v) is 7.82. The van der Waals surface area contributed by atoms with Crippen LogP contribution in [0.25, 0.3) is 0 Å². The second-order valence-electron chi connectivity index (χ2n) is 7.82. The van der Waals surface area contributed by atoms with Crippen molar-refractivity contribution >= 4 is 6.16 Å². The highest BCUT2D eigenvalue weighted by molar-refractivity contribution is 5.60. The van der Waals surface area contributed by atoms with Gasteiger partial charge >= 0.3 is 6.16 Å². The summed E-state index contributed by atoms with van der Waals surface area (Å²) in [4.78, 5) is 12.1. The van der Waals surface area contributed by atoms with Crippen LogP contribution in [0.1, 0.15) is 38.5 Å². The summed E-state index contributed by atoms with van der Waals surface area (Å²) in [7, 11) is 0. The zero-order valence-electron chi connectivity index (χ0n) is 12.9. The van der Waals surface area contributed by atoms with Gasteiger partial charge in [0, 0.05) is 12.3 Å². The van der Waals surface area contributed by atoms with Crippen LogP contribution in [0.3, 0.4) is 0 Å². The van der Waals surface area contributed by atoms with Crippen molar-refractivity contribution in [2.75, 3.05) is 6.61 Å². The molecule has 4 bridgehead atoms. The fraction of sp³-hybridized carbons (Fsp3) is 0.833. The van der Waals surface area contributed by atoms with Crippen molar-refractivity contribution in [3.63, 3.8) is 0 Å². The normalized spacial score (nSPS) is 51.1. The molecule has 0 aromatic heterocycles. The summed E-state index contributed by atoms with van der Waals surface area (Å²) < 4.78 is 16.5. The molecular formula is C18H24O4. The van der Waals surface area contributed by atoms with Gasteiger partial charge in [-0.3, -0.25) is 0 Å². The monoisotopic (exact) mass is 304 g/mol. The molecule has 4 aliphatic carbocycles. The number of hydrogen-bond acceptors (Lipinski definition) is 4. The predicted octanol–water partition coefficient (Wildman–Crippen LogP) is 3.51. The van der Waals surface area contributed by atoms with E-state index in [1.165, 1.54) is 12.8 Å². The third-order valence-electron chi connectivity index (χ3n) is 6.82. The zero-order valence-corrected chi connectivity index (χ0v) is 12.9. The first-order valence-electron chi connectivity index (χ1n) is 8.97. The number of hydrogen-bond donors (Lipinski definition) is 0. The highest BCUT2D eigenvalue weighted by Gasteiger charge is 2.62. The molecule has 3 saturated carbocycles. The summed E-state index contributed by atoms with van der Waals surface area (Å²) >= 11 is 0. The molecule has 4 heteroatoms. The van der Waals surface area contributed by atoms with E-state index in [2.05, 4.69) is 12.2 Å².